The molecule has 0 aliphatic rings. The van der Waals surface area contributed by atoms with Crippen molar-refractivity contribution in [3.63, 3.8) is 0 Å². The Morgan fingerprint density at radius 2 is 1.92 bits per heavy atom. The van der Waals surface area contributed by atoms with Gasteiger partial charge in [-0.3, -0.25) is 4.79 Å². The van der Waals surface area contributed by atoms with Gasteiger partial charge in [-0.1, -0.05) is 17.3 Å². The van der Waals surface area contributed by atoms with Gasteiger partial charge >= 0.3 is 0 Å². The molecule has 0 aliphatic heterocycles. The first-order chi connectivity index (χ1) is 11.4. The molecule has 3 aromatic rings. The van der Waals surface area contributed by atoms with E-state index >= 15 is 0 Å². The minimum atomic E-state index is -0.235. The van der Waals surface area contributed by atoms with Crippen LogP contribution in [0.1, 0.15) is 60.5 Å². The summed E-state index contributed by atoms with van der Waals surface area (Å²) in [7, 11) is 0. The highest BCUT2D eigenvalue weighted by molar-refractivity contribution is 5.96. The molecule has 0 spiro atoms. The lowest BCUT2D eigenvalue weighted by molar-refractivity contribution is 0.0935. The van der Waals surface area contributed by atoms with Gasteiger partial charge in [-0.25, -0.2) is 4.98 Å². The van der Waals surface area contributed by atoms with E-state index in [9.17, 15) is 4.79 Å². The van der Waals surface area contributed by atoms with Gasteiger partial charge in [-0.2, -0.15) is 0 Å². The van der Waals surface area contributed by atoms with Gasteiger partial charge in [0.2, 0.25) is 0 Å². The molecular weight excluding hydrogens is 304 g/mol. The molecular formula is C18H22N4O2. The molecule has 126 valence electrons. The number of carbonyl (C=O) groups is 1. The summed E-state index contributed by atoms with van der Waals surface area (Å²) < 4.78 is 7.24. The zero-order valence-electron chi connectivity index (χ0n) is 14.6. The van der Waals surface area contributed by atoms with Crippen molar-refractivity contribution in [1.82, 2.24) is 20.0 Å². The average molecular weight is 326 g/mol. The van der Waals surface area contributed by atoms with Gasteiger partial charge in [-0.15, -0.1) is 0 Å². The number of aryl methyl sites for hydroxylation is 2. The summed E-state index contributed by atoms with van der Waals surface area (Å²) in [4.78, 5) is 17.3. The number of carbonyl (C=O) groups excluding carboxylic acids is 1. The monoisotopic (exact) mass is 326 g/mol. The lowest BCUT2D eigenvalue weighted by Gasteiger charge is -2.18. The lowest BCUT2D eigenvalue weighted by atomic mass is 10.1. The Balaban J connectivity index is 1.96. The van der Waals surface area contributed by atoms with Crippen molar-refractivity contribution in [2.45, 2.75) is 46.7 Å². The Bertz CT molecular complexity index is 872. The van der Waals surface area contributed by atoms with Crippen LogP contribution >= 0.6 is 0 Å². The minimum absolute atomic E-state index is 0.193. The molecule has 1 atom stereocenters. The maximum absolute atomic E-state index is 12.6. The predicted octanol–water partition coefficient (Wildman–Crippen LogP) is 3.71. The molecule has 6 nitrogen and oxygen atoms in total. The highest BCUT2D eigenvalue weighted by Gasteiger charge is 2.23. The summed E-state index contributed by atoms with van der Waals surface area (Å²) in [6.45, 7) is 9.67. The highest BCUT2D eigenvalue weighted by atomic mass is 16.5. The van der Waals surface area contributed by atoms with Crippen LogP contribution in [0.4, 0.5) is 0 Å². The van der Waals surface area contributed by atoms with Gasteiger partial charge in [0.25, 0.3) is 5.91 Å². The van der Waals surface area contributed by atoms with Gasteiger partial charge in [0, 0.05) is 6.04 Å². The van der Waals surface area contributed by atoms with Gasteiger partial charge < -0.3 is 14.4 Å². The number of hydrogen-bond acceptors (Lipinski definition) is 4. The number of rotatable bonds is 4. The minimum Gasteiger partial charge on any atom is -0.361 e. The van der Waals surface area contributed by atoms with E-state index < -0.39 is 0 Å². The standard InChI is InChI=1S/C18H22N4O2/c1-10(2)22-15-9-7-6-8-14(15)20-17(22)12(4)19-18(23)16-11(3)21-24-13(16)5/h6-10,12H,1-5H3,(H,19,23)/t12-/m1/s1. The van der Waals surface area contributed by atoms with Crippen LogP contribution in [0.2, 0.25) is 0 Å². The number of benzene rings is 1. The highest BCUT2D eigenvalue weighted by Crippen LogP contribution is 2.25. The van der Waals surface area contributed by atoms with Crippen molar-refractivity contribution >= 4 is 16.9 Å². The summed E-state index contributed by atoms with van der Waals surface area (Å²) in [5.74, 6) is 1.17. The molecule has 0 radical (unpaired) electrons. The molecule has 0 fully saturated rings. The Hall–Kier alpha value is -2.63. The summed E-state index contributed by atoms with van der Waals surface area (Å²) in [6, 6.07) is 8.01. The summed E-state index contributed by atoms with van der Waals surface area (Å²) >= 11 is 0. The van der Waals surface area contributed by atoms with Gasteiger partial charge in [0.15, 0.2) is 0 Å². The average Bonchev–Trinajstić information content (AvgIpc) is 3.07. The van der Waals surface area contributed by atoms with E-state index in [0.717, 1.165) is 16.9 Å². The predicted molar refractivity (Wildman–Crippen MR) is 92.0 cm³/mol. The van der Waals surface area contributed by atoms with Crippen LogP contribution in [0.25, 0.3) is 11.0 Å². The third-order valence-electron chi connectivity index (χ3n) is 4.13. The van der Waals surface area contributed by atoms with E-state index in [1.165, 1.54) is 0 Å². The fourth-order valence-electron chi connectivity index (χ4n) is 3.05. The molecule has 2 heterocycles. The van der Waals surface area contributed by atoms with Gasteiger partial charge in [0.05, 0.1) is 22.8 Å². The topological polar surface area (TPSA) is 73.0 Å². The molecule has 3 rings (SSSR count). The SMILES string of the molecule is Cc1noc(C)c1C(=O)N[C@H](C)c1nc2ccccc2n1C(C)C. The van der Waals surface area contributed by atoms with Crippen LogP contribution in [0.5, 0.6) is 0 Å². The maximum Gasteiger partial charge on any atom is 0.257 e. The van der Waals surface area contributed by atoms with E-state index in [1.807, 2.05) is 25.1 Å². The lowest BCUT2D eigenvalue weighted by Crippen LogP contribution is -2.29. The van der Waals surface area contributed by atoms with Crippen LogP contribution in [0.3, 0.4) is 0 Å². The van der Waals surface area contributed by atoms with Crippen LogP contribution in [0.15, 0.2) is 28.8 Å². The maximum atomic E-state index is 12.6. The quantitative estimate of drug-likeness (QED) is 0.793. The van der Waals surface area contributed by atoms with E-state index in [2.05, 4.69) is 35.0 Å². The molecule has 1 aromatic carbocycles. The first-order valence-electron chi connectivity index (χ1n) is 8.10. The first-order valence-corrected chi connectivity index (χ1v) is 8.10. The van der Waals surface area contributed by atoms with Crippen molar-refractivity contribution in [3.8, 4) is 0 Å². The second-order valence-corrected chi connectivity index (χ2v) is 6.32. The molecule has 0 aliphatic carbocycles. The third kappa shape index (κ3) is 2.68. The number of fused-ring (bicyclic) bond motifs is 1. The largest absolute Gasteiger partial charge is 0.361 e. The van der Waals surface area contributed by atoms with Gasteiger partial charge in [0.1, 0.15) is 17.1 Å². The smallest absolute Gasteiger partial charge is 0.257 e. The Kier molecular flexibility index (Phi) is 4.13. The van der Waals surface area contributed by atoms with E-state index in [4.69, 9.17) is 9.51 Å². The molecule has 24 heavy (non-hydrogen) atoms. The third-order valence-corrected chi connectivity index (χ3v) is 4.13. The van der Waals surface area contributed by atoms with E-state index in [1.54, 1.807) is 13.8 Å². The van der Waals surface area contributed by atoms with Crippen molar-refractivity contribution in [3.05, 3.63) is 47.1 Å². The Morgan fingerprint density at radius 3 is 2.54 bits per heavy atom. The Labute approximate surface area is 140 Å². The van der Waals surface area contributed by atoms with Crippen LogP contribution in [0, 0.1) is 13.8 Å². The number of nitrogens with zero attached hydrogens (tertiary/aromatic N) is 3. The van der Waals surface area contributed by atoms with Crippen molar-refractivity contribution < 1.29 is 9.32 Å². The molecule has 1 amide bonds. The number of imidazole rings is 1. The number of aromatic nitrogens is 3. The van der Waals surface area contributed by atoms with Crippen molar-refractivity contribution in [1.29, 1.82) is 0 Å². The zero-order chi connectivity index (χ0) is 17.4. The van der Waals surface area contributed by atoms with Crippen LogP contribution < -0.4 is 5.32 Å². The molecule has 2 aromatic heterocycles. The van der Waals surface area contributed by atoms with Crippen LogP contribution in [-0.2, 0) is 0 Å². The summed E-state index contributed by atoms with van der Waals surface area (Å²) in [6.07, 6.45) is 0. The first kappa shape index (κ1) is 16.2. The fourth-order valence-corrected chi connectivity index (χ4v) is 3.05. The molecule has 0 unspecified atom stereocenters. The van der Waals surface area contributed by atoms with E-state index in [0.29, 0.717) is 17.0 Å². The van der Waals surface area contributed by atoms with Crippen LogP contribution in [-0.4, -0.2) is 20.6 Å². The molecule has 6 heteroatoms. The number of para-hydroxylation sites is 2. The number of amides is 1. The van der Waals surface area contributed by atoms with Crippen molar-refractivity contribution in [2.75, 3.05) is 0 Å². The second kappa shape index (κ2) is 6.11. The van der Waals surface area contributed by atoms with E-state index in [-0.39, 0.29) is 18.0 Å². The summed E-state index contributed by atoms with van der Waals surface area (Å²) in [5, 5.41) is 6.86. The zero-order valence-corrected chi connectivity index (χ0v) is 14.6. The fraction of sp³-hybridized carbons (Fsp3) is 0.389. The number of hydrogen-bond donors (Lipinski definition) is 1. The molecule has 0 bridgehead atoms. The normalized spacial score (nSPS) is 12.8. The molecule has 0 saturated carbocycles. The number of nitrogens with one attached hydrogen (secondary N) is 1. The molecule has 0 saturated heterocycles. The van der Waals surface area contributed by atoms with Gasteiger partial charge in [-0.05, 0) is 46.8 Å². The summed E-state index contributed by atoms with van der Waals surface area (Å²) in [5.41, 5.74) is 3.09. The second-order valence-electron chi connectivity index (χ2n) is 6.32. The molecule has 1 N–H and O–H groups in total. The van der Waals surface area contributed by atoms with Crippen molar-refractivity contribution in [2.24, 2.45) is 0 Å². The Morgan fingerprint density at radius 1 is 1.21 bits per heavy atom.